The van der Waals surface area contributed by atoms with E-state index in [-0.39, 0.29) is 23.8 Å². The lowest BCUT2D eigenvalue weighted by atomic mass is 9.94. The summed E-state index contributed by atoms with van der Waals surface area (Å²) in [4.78, 5) is 28.7. The largest absolute Gasteiger partial charge is 0.496 e. The minimum Gasteiger partial charge on any atom is -0.496 e. The summed E-state index contributed by atoms with van der Waals surface area (Å²) < 4.78 is 5.50. The number of piperazine rings is 1. The van der Waals surface area contributed by atoms with E-state index in [1.54, 1.807) is 18.9 Å². The van der Waals surface area contributed by atoms with E-state index in [2.05, 4.69) is 5.32 Å². The molecule has 1 aromatic rings. The van der Waals surface area contributed by atoms with E-state index in [1.165, 1.54) is 0 Å². The fourth-order valence-corrected chi connectivity index (χ4v) is 3.89. The Kier molecular flexibility index (Phi) is 5.58. The van der Waals surface area contributed by atoms with Crippen LogP contribution in [0.25, 0.3) is 0 Å². The maximum absolute atomic E-state index is 13.2. The van der Waals surface area contributed by atoms with Gasteiger partial charge in [0.2, 0.25) is 11.8 Å². The van der Waals surface area contributed by atoms with Crippen molar-refractivity contribution in [1.29, 1.82) is 0 Å². The molecule has 2 saturated heterocycles. The first-order valence-electron chi connectivity index (χ1n) is 9.01. The number of amides is 2. The van der Waals surface area contributed by atoms with Crippen LogP contribution in [0.3, 0.4) is 0 Å². The summed E-state index contributed by atoms with van der Waals surface area (Å²) >= 11 is 0. The number of methoxy groups -OCH3 is 1. The standard InChI is InChI=1S/C19H27N3O3/c1-14(23)21-10-5-6-15(13-21)19(24)22-11-9-20-12-17(22)16-7-3-4-8-18(16)25-2/h3-4,7-8,15,17,20H,5-6,9-13H2,1-2H3. The van der Waals surface area contributed by atoms with Crippen molar-refractivity contribution in [3.8, 4) is 5.75 Å². The Morgan fingerprint density at radius 2 is 2.04 bits per heavy atom. The van der Waals surface area contributed by atoms with Crippen molar-refractivity contribution < 1.29 is 14.3 Å². The minimum absolute atomic E-state index is 0.0369. The zero-order valence-corrected chi connectivity index (χ0v) is 15.0. The predicted molar refractivity (Wildman–Crippen MR) is 95.3 cm³/mol. The Bertz CT molecular complexity index is 634. The van der Waals surface area contributed by atoms with Gasteiger partial charge in [0.1, 0.15) is 5.75 Å². The molecule has 2 aliphatic rings. The van der Waals surface area contributed by atoms with Gasteiger partial charge in [-0.05, 0) is 18.9 Å². The third kappa shape index (κ3) is 3.79. The molecule has 2 aliphatic heterocycles. The molecular weight excluding hydrogens is 318 g/mol. The first-order valence-corrected chi connectivity index (χ1v) is 9.01. The number of ether oxygens (including phenoxy) is 1. The van der Waals surface area contributed by atoms with Gasteiger partial charge in [-0.15, -0.1) is 0 Å². The first-order chi connectivity index (χ1) is 12.1. The van der Waals surface area contributed by atoms with Crippen molar-refractivity contribution in [3.05, 3.63) is 29.8 Å². The smallest absolute Gasteiger partial charge is 0.228 e. The Hall–Kier alpha value is -2.08. The molecule has 1 aromatic carbocycles. The highest BCUT2D eigenvalue weighted by Gasteiger charge is 2.35. The van der Waals surface area contributed by atoms with Crippen LogP contribution in [0.2, 0.25) is 0 Å². The third-order valence-corrected chi connectivity index (χ3v) is 5.24. The molecule has 3 rings (SSSR count). The number of para-hydroxylation sites is 1. The average molecular weight is 345 g/mol. The van der Waals surface area contributed by atoms with Crippen LogP contribution in [0, 0.1) is 5.92 Å². The van der Waals surface area contributed by atoms with Gasteiger partial charge in [-0.25, -0.2) is 0 Å². The van der Waals surface area contributed by atoms with Gasteiger partial charge in [0.15, 0.2) is 0 Å². The molecule has 0 aromatic heterocycles. The zero-order chi connectivity index (χ0) is 17.8. The van der Waals surface area contributed by atoms with Crippen molar-refractivity contribution in [2.45, 2.75) is 25.8 Å². The van der Waals surface area contributed by atoms with Crippen LogP contribution in [-0.2, 0) is 9.59 Å². The molecule has 0 aliphatic carbocycles. The maximum Gasteiger partial charge on any atom is 0.228 e. The van der Waals surface area contributed by atoms with E-state index in [0.29, 0.717) is 13.1 Å². The normalized spacial score (nSPS) is 24.1. The van der Waals surface area contributed by atoms with Crippen molar-refractivity contribution in [1.82, 2.24) is 15.1 Å². The van der Waals surface area contributed by atoms with Crippen molar-refractivity contribution in [2.75, 3.05) is 39.8 Å². The fraction of sp³-hybridized carbons (Fsp3) is 0.579. The molecule has 2 atom stereocenters. The van der Waals surface area contributed by atoms with E-state index in [9.17, 15) is 9.59 Å². The highest BCUT2D eigenvalue weighted by Crippen LogP contribution is 2.32. The molecule has 6 nitrogen and oxygen atoms in total. The van der Waals surface area contributed by atoms with E-state index < -0.39 is 0 Å². The number of hydrogen-bond donors (Lipinski definition) is 1. The van der Waals surface area contributed by atoms with Gasteiger partial charge in [-0.2, -0.15) is 0 Å². The molecule has 136 valence electrons. The molecule has 0 radical (unpaired) electrons. The van der Waals surface area contributed by atoms with Crippen molar-refractivity contribution >= 4 is 11.8 Å². The average Bonchev–Trinajstić information content (AvgIpc) is 2.67. The Morgan fingerprint density at radius 3 is 2.80 bits per heavy atom. The number of carbonyl (C=O) groups excluding carboxylic acids is 2. The number of rotatable bonds is 3. The summed E-state index contributed by atoms with van der Waals surface area (Å²) in [6, 6.07) is 7.85. The second kappa shape index (κ2) is 7.87. The third-order valence-electron chi connectivity index (χ3n) is 5.24. The number of likely N-dealkylation sites (tertiary alicyclic amines) is 1. The summed E-state index contributed by atoms with van der Waals surface area (Å²) in [6.45, 7) is 5.07. The summed E-state index contributed by atoms with van der Waals surface area (Å²) in [5.41, 5.74) is 1.03. The van der Waals surface area contributed by atoms with E-state index in [0.717, 1.165) is 43.8 Å². The highest BCUT2D eigenvalue weighted by molar-refractivity contribution is 5.81. The molecule has 1 N–H and O–H groups in total. The predicted octanol–water partition coefficient (Wildman–Crippen LogP) is 1.43. The molecule has 0 saturated carbocycles. The van der Waals surface area contributed by atoms with Crippen LogP contribution >= 0.6 is 0 Å². The Morgan fingerprint density at radius 1 is 1.24 bits per heavy atom. The molecular formula is C19H27N3O3. The number of nitrogens with one attached hydrogen (secondary N) is 1. The van der Waals surface area contributed by atoms with Crippen molar-refractivity contribution in [2.24, 2.45) is 5.92 Å². The SMILES string of the molecule is COc1ccccc1C1CNCCN1C(=O)C1CCCN(C(C)=O)C1. The lowest BCUT2D eigenvalue weighted by molar-refractivity contribution is -0.143. The quantitative estimate of drug-likeness (QED) is 0.900. The molecule has 6 heteroatoms. The molecule has 0 bridgehead atoms. The summed E-state index contributed by atoms with van der Waals surface area (Å²) in [5, 5.41) is 3.39. The summed E-state index contributed by atoms with van der Waals surface area (Å²) in [7, 11) is 1.66. The molecule has 2 amide bonds. The van der Waals surface area contributed by atoms with Crippen molar-refractivity contribution in [3.63, 3.8) is 0 Å². The van der Waals surface area contributed by atoms with Gasteiger partial charge < -0.3 is 19.9 Å². The van der Waals surface area contributed by atoms with Gasteiger partial charge in [-0.1, -0.05) is 18.2 Å². The van der Waals surface area contributed by atoms with Gasteiger partial charge >= 0.3 is 0 Å². The summed E-state index contributed by atoms with van der Waals surface area (Å²) in [6.07, 6.45) is 1.74. The molecule has 2 unspecified atom stereocenters. The molecule has 2 fully saturated rings. The van der Waals surface area contributed by atoms with Crippen LogP contribution in [0.1, 0.15) is 31.4 Å². The lowest BCUT2D eigenvalue weighted by Crippen LogP contribution is -2.53. The summed E-state index contributed by atoms with van der Waals surface area (Å²) in [5.74, 6) is 0.915. The first kappa shape index (κ1) is 17.7. The second-order valence-electron chi connectivity index (χ2n) is 6.80. The van der Waals surface area contributed by atoms with Gasteiger partial charge in [0.25, 0.3) is 0 Å². The van der Waals surface area contributed by atoms with E-state index >= 15 is 0 Å². The number of piperidine rings is 1. The number of benzene rings is 1. The Labute approximate surface area is 149 Å². The molecule has 0 spiro atoms. The minimum atomic E-state index is -0.104. The monoisotopic (exact) mass is 345 g/mol. The van der Waals surface area contributed by atoms with Gasteiger partial charge in [0, 0.05) is 45.2 Å². The van der Waals surface area contributed by atoms with E-state index in [4.69, 9.17) is 4.74 Å². The topological polar surface area (TPSA) is 61.9 Å². The van der Waals surface area contributed by atoms with Crippen LogP contribution in [0.4, 0.5) is 0 Å². The molecule has 25 heavy (non-hydrogen) atoms. The fourth-order valence-electron chi connectivity index (χ4n) is 3.89. The van der Waals surface area contributed by atoms with E-state index in [1.807, 2.05) is 29.2 Å². The van der Waals surface area contributed by atoms with Gasteiger partial charge in [-0.3, -0.25) is 9.59 Å². The van der Waals surface area contributed by atoms with Crippen LogP contribution in [-0.4, -0.2) is 61.4 Å². The second-order valence-corrected chi connectivity index (χ2v) is 6.80. The maximum atomic E-state index is 13.2. The van der Waals surface area contributed by atoms with Crippen LogP contribution < -0.4 is 10.1 Å². The number of nitrogens with zero attached hydrogens (tertiary/aromatic N) is 2. The highest BCUT2D eigenvalue weighted by atomic mass is 16.5. The van der Waals surface area contributed by atoms with Crippen LogP contribution in [0.5, 0.6) is 5.75 Å². The van der Waals surface area contributed by atoms with Gasteiger partial charge in [0.05, 0.1) is 19.1 Å². The number of hydrogen-bond acceptors (Lipinski definition) is 4. The zero-order valence-electron chi connectivity index (χ0n) is 15.0. The Balaban J connectivity index is 1.80. The van der Waals surface area contributed by atoms with Crippen LogP contribution in [0.15, 0.2) is 24.3 Å². The molecule has 2 heterocycles. The number of carbonyl (C=O) groups is 2. The lowest BCUT2D eigenvalue weighted by Gasteiger charge is -2.41.